The van der Waals surface area contributed by atoms with Crippen LogP contribution in [0.2, 0.25) is 0 Å². The third kappa shape index (κ3) is 7.82. The Kier molecular flexibility index (Phi) is 8.46. The average molecular weight is 444 g/mol. The van der Waals surface area contributed by atoms with Crippen LogP contribution in [0, 0.1) is 0 Å². The van der Waals surface area contributed by atoms with E-state index in [2.05, 4.69) is 16.0 Å². The molecule has 9 heteroatoms. The van der Waals surface area contributed by atoms with E-state index in [0.29, 0.717) is 28.4 Å². The Balaban J connectivity index is 1.84. The molecular formula is C23H29N3O6. The van der Waals surface area contributed by atoms with Gasteiger partial charge in [0.1, 0.15) is 5.60 Å². The van der Waals surface area contributed by atoms with Crippen molar-refractivity contribution < 1.29 is 28.6 Å². The third-order valence-electron chi connectivity index (χ3n) is 4.09. The minimum absolute atomic E-state index is 0.0943. The van der Waals surface area contributed by atoms with Crippen molar-refractivity contribution >= 4 is 29.3 Å². The fourth-order valence-electron chi connectivity index (χ4n) is 2.63. The van der Waals surface area contributed by atoms with Crippen molar-refractivity contribution in [2.75, 3.05) is 31.4 Å². The molecule has 0 radical (unpaired) electrons. The van der Waals surface area contributed by atoms with Crippen LogP contribution < -0.4 is 25.4 Å². The van der Waals surface area contributed by atoms with Gasteiger partial charge in [-0.25, -0.2) is 4.79 Å². The summed E-state index contributed by atoms with van der Waals surface area (Å²) in [6.07, 6.45) is -0.475. The number of nitrogens with one attached hydrogen (secondary N) is 3. The van der Waals surface area contributed by atoms with E-state index >= 15 is 0 Å². The van der Waals surface area contributed by atoms with Gasteiger partial charge < -0.3 is 30.2 Å². The molecule has 2 aromatic rings. The molecule has 3 amide bonds. The molecule has 0 heterocycles. The minimum Gasteiger partial charge on any atom is -0.493 e. The van der Waals surface area contributed by atoms with Gasteiger partial charge >= 0.3 is 6.09 Å². The van der Waals surface area contributed by atoms with Gasteiger partial charge in [0.25, 0.3) is 5.91 Å². The first-order valence-corrected chi connectivity index (χ1v) is 10.0. The van der Waals surface area contributed by atoms with Crippen LogP contribution in [-0.4, -0.2) is 44.3 Å². The Bertz CT molecular complexity index is 951. The van der Waals surface area contributed by atoms with Crippen molar-refractivity contribution in [2.24, 2.45) is 0 Å². The molecule has 0 spiro atoms. The zero-order valence-corrected chi connectivity index (χ0v) is 18.9. The SMILES string of the molecule is COc1ccc(C(=O)Nc2ccc(NC(=O)CCNC(=O)OC(C)(C)C)cc2)cc1OC. The van der Waals surface area contributed by atoms with Gasteiger partial charge in [0, 0.05) is 29.9 Å². The lowest BCUT2D eigenvalue weighted by Crippen LogP contribution is -2.34. The zero-order chi connectivity index (χ0) is 23.7. The average Bonchev–Trinajstić information content (AvgIpc) is 2.73. The van der Waals surface area contributed by atoms with Crippen molar-refractivity contribution in [3.63, 3.8) is 0 Å². The van der Waals surface area contributed by atoms with Gasteiger partial charge in [-0.05, 0) is 63.2 Å². The molecule has 0 saturated carbocycles. The molecular weight excluding hydrogens is 414 g/mol. The van der Waals surface area contributed by atoms with Crippen LogP contribution in [0.25, 0.3) is 0 Å². The van der Waals surface area contributed by atoms with E-state index in [4.69, 9.17) is 14.2 Å². The molecule has 2 rings (SSSR count). The van der Waals surface area contributed by atoms with Crippen LogP contribution in [0.15, 0.2) is 42.5 Å². The highest BCUT2D eigenvalue weighted by Gasteiger charge is 2.16. The van der Waals surface area contributed by atoms with Crippen LogP contribution in [0.3, 0.4) is 0 Å². The summed E-state index contributed by atoms with van der Waals surface area (Å²) in [5.74, 6) is 0.420. The molecule has 0 unspecified atom stereocenters. The minimum atomic E-state index is -0.594. The molecule has 0 atom stereocenters. The molecule has 172 valence electrons. The first kappa shape index (κ1) is 24.5. The molecule has 9 nitrogen and oxygen atoms in total. The lowest BCUT2D eigenvalue weighted by Gasteiger charge is -2.19. The maximum atomic E-state index is 12.5. The summed E-state index contributed by atoms with van der Waals surface area (Å²) in [6.45, 7) is 5.44. The van der Waals surface area contributed by atoms with Crippen molar-refractivity contribution in [1.29, 1.82) is 0 Å². The zero-order valence-electron chi connectivity index (χ0n) is 18.9. The molecule has 0 fully saturated rings. The molecule has 0 bridgehead atoms. The van der Waals surface area contributed by atoms with Crippen LogP contribution in [0.4, 0.5) is 16.2 Å². The largest absolute Gasteiger partial charge is 0.493 e. The van der Waals surface area contributed by atoms with Gasteiger partial charge in [0.15, 0.2) is 11.5 Å². The normalized spacial score (nSPS) is 10.7. The first-order valence-electron chi connectivity index (χ1n) is 10.0. The smallest absolute Gasteiger partial charge is 0.407 e. The number of anilines is 2. The first-order chi connectivity index (χ1) is 15.1. The van der Waals surface area contributed by atoms with E-state index < -0.39 is 11.7 Å². The topological polar surface area (TPSA) is 115 Å². The van der Waals surface area contributed by atoms with E-state index in [1.165, 1.54) is 14.2 Å². The van der Waals surface area contributed by atoms with E-state index in [-0.39, 0.29) is 24.8 Å². The van der Waals surface area contributed by atoms with E-state index in [1.54, 1.807) is 63.2 Å². The Hall–Kier alpha value is -3.75. The highest BCUT2D eigenvalue weighted by atomic mass is 16.6. The highest BCUT2D eigenvalue weighted by molar-refractivity contribution is 6.04. The molecule has 0 aromatic heterocycles. The lowest BCUT2D eigenvalue weighted by molar-refractivity contribution is -0.116. The number of alkyl carbamates (subject to hydrolysis) is 1. The number of carbonyl (C=O) groups excluding carboxylic acids is 3. The Morgan fingerprint density at radius 2 is 1.44 bits per heavy atom. The number of hydrogen-bond acceptors (Lipinski definition) is 6. The summed E-state index contributed by atoms with van der Waals surface area (Å²) in [5.41, 5.74) is 0.950. The summed E-state index contributed by atoms with van der Waals surface area (Å²) >= 11 is 0. The molecule has 32 heavy (non-hydrogen) atoms. The Morgan fingerprint density at radius 1 is 0.844 bits per heavy atom. The fraction of sp³-hybridized carbons (Fsp3) is 0.348. The van der Waals surface area contributed by atoms with E-state index in [0.717, 1.165) is 0 Å². The summed E-state index contributed by atoms with van der Waals surface area (Å²) in [7, 11) is 3.02. The van der Waals surface area contributed by atoms with Crippen molar-refractivity contribution in [3.05, 3.63) is 48.0 Å². The van der Waals surface area contributed by atoms with Gasteiger partial charge in [-0.15, -0.1) is 0 Å². The summed E-state index contributed by atoms with van der Waals surface area (Å²) in [4.78, 5) is 36.1. The highest BCUT2D eigenvalue weighted by Crippen LogP contribution is 2.28. The summed E-state index contributed by atoms with van der Waals surface area (Å²) in [6, 6.07) is 11.6. The number of ether oxygens (including phenoxy) is 3. The second kappa shape index (κ2) is 11.0. The number of methoxy groups -OCH3 is 2. The number of carbonyl (C=O) groups is 3. The maximum absolute atomic E-state index is 12.5. The molecule has 3 N–H and O–H groups in total. The van der Waals surface area contributed by atoms with Gasteiger partial charge in [0.05, 0.1) is 14.2 Å². The second-order valence-electron chi connectivity index (χ2n) is 7.83. The third-order valence-corrected chi connectivity index (χ3v) is 4.09. The van der Waals surface area contributed by atoms with Gasteiger partial charge in [0.2, 0.25) is 5.91 Å². The molecule has 2 aromatic carbocycles. The number of amides is 3. The van der Waals surface area contributed by atoms with Crippen LogP contribution in [-0.2, 0) is 9.53 Å². The van der Waals surface area contributed by atoms with Crippen molar-refractivity contribution in [1.82, 2.24) is 5.32 Å². The van der Waals surface area contributed by atoms with Crippen molar-refractivity contribution in [3.8, 4) is 11.5 Å². The monoisotopic (exact) mass is 443 g/mol. The molecule has 0 aliphatic carbocycles. The molecule has 0 aliphatic heterocycles. The summed E-state index contributed by atoms with van der Waals surface area (Å²) < 4.78 is 15.5. The number of rotatable bonds is 8. The summed E-state index contributed by atoms with van der Waals surface area (Å²) in [5, 5.41) is 8.04. The standard InChI is InChI=1S/C23H29N3O6/c1-23(2,3)32-22(29)24-13-12-20(27)25-16-7-9-17(10-8-16)26-21(28)15-6-11-18(30-4)19(14-15)31-5/h6-11,14H,12-13H2,1-5H3,(H,24,29)(H,25,27)(H,26,28). The van der Waals surface area contributed by atoms with Crippen LogP contribution in [0.1, 0.15) is 37.6 Å². The Morgan fingerprint density at radius 3 is 2.00 bits per heavy atom. The fourth-order valence-corrected chi connectivity index (χ4v) is 2.63. The number of benzene rings is 2. The quantitative estimate of drug-likeness (QED) is 0.572. The van der Waals surface area contributed by atoms with Crippen molar-refractivity contribution in [2.45, 2.75) is 32.8 Å². The van der Waals surface area contributed by atoms with E-state index in [1.807, 2.05) is 0 Å². The van der Waals surface area contributed by atoms with Crippen LogP contribution in [0.5, 0.6) is 11.5 Å². The van der Waals surface area contributed by atoms with Gasteiger partial charge in [-0.3, -0.25) is 9.59 Å². The molecule has 0 saturated heterocycles. The predicted octanol–water partition coefficient (Wildman–Crippen LogP) is 3.81. The molecule has 0 aliphatic rings. The number of hydrogen-bond donors (Lipinski definition) is 3. The van der Waals surface area contributed by atoms with Crippen LogP contribution >= 0.6 is 0 Å². The predicted molar refractivity (Wildman–Crippen MR) is 121 cm³/mol. The Labute approximate surface area is 187 Å². The van der Waals surface area contributed by atoms with Gasteiger partial charge in [-0.1, -0.05) is 0 Å². The maximum Gasteiger partial charge on any atom is 0.407 e. The van der Waals surface area contributed by atoms with E-state index in [9.17, 15) is 14.4 Å². The lowest BCUT2D eigenvalue weighted by atomic mass is 10.1. The van der Waals surface area contributed by atoms with Gasteiger partial charge in [-0.2, -0.15) is 0 Å². The second-order valence-corrected chi connectivity index (χ2v) is 7.83.